The van der Waals surface area contributed by atoms with Gasteiger partial charge < -0.3 is 14.6 Å². The number of imide groups is 6. The van der Waals surface area contributed by atoms with Crippen molar-refractivity contribution in [3.8, 4) is 5.75 Å². The number of amides is 6. The third-order valence-electron chi connectivity index (χ3n) is 7.72. The number of methoxy groups -OCH3 is 2. The Morgan fingerprint density at radius 1 is 0.889 bits per heavy atom. The maximum absolute atomic E-state index is 14.4. The number of fused-ring (bicyclic) bond motifs is 4. The Bertz CT molecular complexity index is 1270. The highest BCUT2D eigenvalue weighted by atomic mass is 19.1. The molecule has 6 unspecified atom stereocenters. The normalized spacial score (nSPS) is 31.0. The number of hydrogen-bond donors (Lipinski definition) is 1. The molecule has 2 aliphatic carbocycles. The van der Waals surface area contributed by atoms with Crippen LogP contribution in [0.25, 0.3) is 0 Å². The van der Waals surface area contributed by atoms with Crippen molar-refractivity contribution >= 4 is 35.8 Å². The van der Waals surface area contributed by atoms with Gasteiger partial charge >= 0.3 is 12.2 Å². The van der Waals surface area contributed by atoms with E-state index in [0.717, 1.165) is 20.3 Å². The third kappa shape index (κ3) is 3.02. The van der Waals surface area contributed by atoms with Crippen LogP contribution >= 0.6 is 0 Å². The van der Waals surface area contributed by atoms with E-state index in [1.54, 1.807) is 6.08 Å². The predicted molar refractivity (Wildman–Crippen MR) is 114 cm³/mol. The van der Waals surface area contributed by atoms with Crippen LogP contribution in [0.4, 0.5) is 14.0 Å². The van der Waals surface area contributed by atoms with E-state index in [4.69, 9.17) is 0 Å². The molecule has 2 saturated heterocycles. The Labute approximate surface area is 203 Å². The van der Waals surface area contributed by atoms with Crippen molar-refractivity contribution in [3.05, 3.63) is 41.2 Å². The molecular formula is C24H21FN2O9. The molecular weight excluding hydrogens is 479 g/mol. The summed E-state index contributed by atoms with van der Waals surface area (Å²) in [6.45, 7) is 0. The second-order valence-electron chi connectivity index (χ2n) is 9.17. The highest BCUT2D eigenvalue weighted by molar-refractivity contribution is 6.17. The Balaban J connectivity index is 1.66. The molecule has 1 aromatic carbocycles. The highest BCUT2D eigenvalue weighted by Gasteiger charge is 2.64. The van der Waals surface area contributed by atoms with Crippen molar-refractivity contribution in [2.24, 2.45) is 29.6 Å². The predicted octanol–water partition coefficient (Wildman–Crippen LogP) is 1.70. The van der Waals surface area contributed by atoms with Crippen molar-refractivity contribution in [3.63, 3.8) is 0 Å². The zero-order valence-electron chi connectivity index (χ0n) is 19.2. The van der Waals surface area contributed by atoms with Crippen molar-refractivity contribution < 1.29 is 47.7 Å². The zero-order chi connectivity index (χ0) is 26.0. The number of aromatic hydroxyl groups is 1. The number of carbonyl (C=O) groups excluding carboxylic acids is 6. The lowest BCUT2D eigenvalue weighted by atomic mass is 9.57. The molecule has 2 aliphatic heterocycles. The van der Waals surface area contributed by atoms with Crippen molar-refractivity contribution in [2.75, 3.05) is 14.2 Å². The number of phenols is 1. The molecule has 5 rings (SSSR count). The summed E-state index contributed by atoms with van der Waals surface area (Å²) < 4.78 is 23.6. The van der Waals surface area contributed by atoms with E-state index in [0.29, 0.717) is 15.4 Å². The van der Waals surface area contributed by atoms with Crippen LogP contribution in [0.15, 0.2) is 29.8 Å². The minimum absolute atomic E-state index is 0.00821. The molecule has 12 heteroatoms. The topological polar surface area (TPSA) is 148 Å². The summed E-state index contributed by atoms with van der Waals surface area (Å²) in [5, 5.41) is 10.6. The summed E-state index contributed by atoms with van der Waals surface area (Å²) in [5.74, 6) is -11.0. The number of rotatable bonds is 1. The fraction of sp³-hybridized carbons (Fsp3) is 0.417. The fourth-order valence-corrected chi connectivity index (χ4v) is 6.26. The minimum atomic E-state index is -1.18. The molecule has 0 bridgehead atoms. The molecule has 11 nitrogen and oxygen atoms in total. The molecule has 1 N–H and O–H groups in total. The van der Waals surface area contributed by atoms with Crippen LogP contribution in [0.2, 0.25) is 0 Å². The highest BCUT2D eigenvalue weighted by Crippen LogP contribution is 2.58. The Hall–Kier alpha value is -4.09. The van der Waals surface area contributed by atoms with E-state index in [1.807, 2.05) is 0 Å². The summed E-state index contributed by atoms with van der Waals surface area (Å²) in [6.07, 6.45) is -0.697. The van der Waals surface area contributed by atoms with Crippen molar-refractivity contribution in [2.45, 2.75) is 18.8 Å². The molecule has 6 amide bonds. The maximum atomic E-state index is 14.4. The van der Waals surface area contributed by atoms with Gasteiger partial charge in [-0.3, -0.25) is 19.2 Å². The van der Waals surface area contributed by atoms with Gasteiger partial charge in [-0.25, -0.2) is 14.0 Å². The quantitative estimate of drug-likeness (QED) is 0.449. The van der Waals surface area contributed by atoms with Gasteiger partial charge in [0.05, 0.1) is 37.9 Å². The minimum Gasteiger partial charge on any atom is -0.505 e. The van der Waals surface area contributed by atoms with E-state index < -0.39 is 82.9 Å². The maximum Gasteiger partial charge on any atom is 0.423 e. The third-order valence-corrected chi connectivity index (χ3v) is 7.72. The monoisotopic (exact) mass is 500 g/mol. The van der Waals surface area contributed by atoms with Crippen LogP contribution < -0.4 is 0 Å². The van der Waals surface area contributed by atoms with E-state index in [2.05, 4.69) is 9.47 Å². The van der Waals surface area contributed by atoms with E-state index in [9.17, 15) is 38.3 Å². The smallest absolute Gasteiger partial charge is 0.423 e. The first kappa shape index (κ1) is 23.6. The number of hydrogen-bond acceptors (Lipinski definition) is 9. The number of phenolic OH excluding ortho intramolecular Hbond substituents is 1. The van der Waals surface area contributed by atoms with Crippen LogP contribution in [-0.2, 0) is 28.7 Å². The number of carbonyl (C=O) groups is 6. The fourth-order valence-electron chi connectivity index (χ4n) is 6.26. The van der Waals surface area contributed by atoms with Gasteiger partial charge in [0, 0.05) is 11.5 Å². The SMILES string of the molecule is COC(=O)N1C(=O)C2CC=C3C(CC4C(=O)N(C(=O)OC)C(=O)C4C3c3cccc(F)c3O)C2C1=O. The summed E-state index contributed by atoms with van der Waals surface area (Å²) in [7, 11) is 2.05. The second kappa shape index (κ2) is 8.25. The molecule has 1 saturated carbocycles. The summed E-state index contributed by atoms with van der Waals surface area (Å²) in [6, 6.07) is 3.76. The van der Waals surface area contributed by atoms with Crippen LogP contribution in [0.5, 0.6) is 5.75 Å². The second-order valence-corrected chi connectivity index (χ2v) is 9.17. The van der Waals surface area contributed by atoms with E-state index in [-0.39, 0.29) is 18.4 Å². The number of likely N-dealkylation sites (tertiary alicyclic amines) is 2. The molecule has 36 heavy (non-hydrogen) atoms. The van der Waals surface area contributed by atoms with Gasteiger partial charge in [0.25, 0.3) is 0 Å². The van der Waals surface area contributed by atoms with Gasteiger partial charge in [-0.2, -0.15) is 9.80 Å². The van der Waals surface area contributed by atoms with Gasteiger partial charge in [-0.15, -0.1) is 0 Å². The molecule has 188 valence electrons. The molecule has 6 atom stereocenters. The molecule has 0 radical (unpaired) electrons. The standard InChI is InChI=1S/C24H21FN2O9/c1-35-23(33)26-19(29)11-7-6-9-12(16(11)21(26)31)8-13-17(22(32)27(20(13)30)24(34)36-2)15(9)10-4-3-5-14(25)18(10)28/h3-6,11-13,15-17,28H,7-8H2,1-2H3. The first-order valence-electron chi connectivity index (χ1n) is 11.2. The number of nitrogens with zero attached hydrogens (tertiary/aromatic N) is 2. The van der Waals surface area contributed by atoms with Gasteiger partial charge in [0.1, 0.15) is 0 Å². The Morgan fingerprint density at radius 2 is 1.47 bits per heavy atom. The Kier molecular flexibility index (Phi) is 5.42. The van der Waals surface area contributed by atoms with Crippen molar-refractivity contribution in [1.29, 1.82) is 0 Å². The van der Waals surface area contributed by atoms with E-state index in [1.165, 1.54) is 12.1 Å². The molecule has 4 aliphatic rings. The molecule has 3 fully saturated rings. The molecule has 0 aromatic heterocycles. The molecule has 1 aromatic rings. The lowest BCUT2D eigenvalue weighted by molar-refractivity contribution is -0.139. The van der Waals surface area contributed by atoms with Gasteiger partial charge in [-0.05, 0) is 24.8 Å². The lowest BCUT2D eigenvalue weighted by Gasteiger charge is -2.44. The summed E-state index contributed by atoms with van der Waals surface area (Å²) >= 11 is 0. The van der Waals surface area contributed by atoms with Gasteiger partial charge in [0.2, 0.25) is 23.6 Å². The Morgan fingerprint density at radius 3 is 2.08 bits per heavy atom. The zero-order valence-corrected chi connectivity index (χ0v) is 19.2. The number of halogens is 1. The average Bonchev–Trinajstić information content (AvgIpc) is 3.27. The number of para-hydroxylation sites is 1. The first-order valence-corrected chi connectivity index (χ1v) is 11.2. The molecule has 0 spiro atoms. The van der Waals surface area contributed by atoms with Crippen LogP contribution in [0.1, 0.15) is 24.3 Å². The summed E-state index contributed by atoms with van der Waals surface area (Å²) in [4.78, 5) is 78.0. The molecule has 2 heterocycles. The number of allylic oxidation sites excluding steroid dienone is 2. The van der Waals surface area contributed by atoms with Crippen LogP contribution in [-0.4, -0.2) is 64.9 Å². The number of ether oxygens (including phenoxy) is 2. The largest absolute Gasteiger partial charge is 0.505 e. The number of benzene rings is 1. The van der Waals surface area contributed by atoms with Crippen LogP contribution in [0, 0.1) is 35.4 Å². The average molecular weight is 500 g/mol. The summed E-state index contributed by atoms with van der Waals surface area (Å²) in [5.41, 5.74) is 0.466. The van der Waals surface area contributed by atoms with Crippen LogP contribution in [0.3, 0.4) is 0 Å². The van der Waals surface area contributed by atoms with E-state index >= 15 is 0 Å². The van der Waals surface area contributed by atoms with Crippen molar-refractivity contribution in [1.82, 2.24) is 9.80 Å². The van der Waals surface area contributed by atoms with Gasteiger partial charge in [0.15, 0.2) is 11.6 Å². The lowest BCUT2D eigenvalue weighted by Crippen LogP contribution is -2.43. The first-order chi connectivity index (χ1) is 17.1. The van der Waals surface area contributed by atoms with Gasteiger partial charge in [-0.1, -0.05) is 23.8 Å².